The van der Waals surface area contributed by atoms with E-state index >= 15 is 0 Å². The lowest BCUT2D eigenvalue weighted by Gasteiger charge is -2.21. The van der Waals surface area contributed by atoms with Crippen LogP contribution in [0.3, 0.4) is 0 Å². The van der Waals surface area contributed by atoms with Crippen LogP contribution < -0.4 is 5.32 Å². The van der Waals surface area contributed by atoms with Crippen LogP contribution in [0.15, 0.2) is 30.6 Å². The van der Waals surface area contributed by atoms with Crippen LogP contribution in [0.2, 0.25) is 0 Å². The van der Waals surface area contributed by atoms with Crippen molar-refractivity contribution < 1.29 is 0 Å². The first kappa shape index (κ1) is 12.4. The van der Waals surface area contributed by atoms with Gasteiger partial charge in [0.05, 0.1) is 11.0 Å². The fourth-order valence-electron chi connectivity index (χ4n) is 2.97. The third kappa shape index (κ3) is 3.22. The van der Waals surface area contributed by atoms with Crippen molar-refractivity contribution in [1.82, 2.24) is 9.97 Å². The van der Waals surface area contributed by atoms with Crippen LogP contribution in [0.4, 0.5) is 5.69 Å². The zero-order chi connectivity index (χ0) is 12.9. The monoisotopic (exact) mass is 255 g/mol. The van der Waals surface area contributed by atoms with E-state index in [1.807, 2.05) is 6.07 Å². The summed E-state index contributed by atoms with van der Waals surface area (Å²) in [6.45, 7) is 1.07. The van der Waals surface area contributed by atoms with Gasteiger partial charge >= 0.3 is 0 Å². The van der Waals surface area contributed by atoms with Crippen LogP contribution in [0.5, 0.6) is 0 Å². The second kappa shape index (κ2) is 6.00. The first-order valence-electron chi connectivity index (χ1n) is 7.36. The van der Waals surface area contributed by atoms with Gasteiger partial charge in [0.1, 0.15) is 0 Å². The number of hydrogen-bond donors (Lipinski definition) is 1. The van der Waals surface area contributed by atoms with Crippen molar-refractivity contribution in [2.75, 3.05) is 11.9 Å². The summed E-state index contributed by atoms with van der Waals surface area (Å²) in [7, 11) is 0. The van der Waals surface area contributed by atoms with Crippen molar-refractivity contribution >= 4 is 16.7 Å². The summed E-state index contributed by atoms with van der Waals surface area (Å²) in [4.78, 5) is 8.62. The van der Waals surface area contributed by atoms with Gasteiger partial charge in [-0.25, -0.2) is 0 Å². The lowest BCUT2D eigenvalue weighted by Crippen LogP contribution is -2.12. The molecule has 1 aromatic heterocycles. The Balaban J connectivity index is 1.56. The molecule has 1 saturated carbocycles. The Morgan fingerprint density at radius 3 is 2.63 bits per heavy atom. The highest BCUT2D eigenvalue weighted by atomic mass is 14.9. The highest BCUT2D eigenvalue weighted by Crippen LogP contribution is 2.26. The van der Waals surface area contributed by atoms with E-state index in [1.54, 1.807) is 12.4 Å². The molecule has 0 atom stereocenters. The quantitative estimate of drug-likeness (QED) is 0.897. The van der Waals surface area contributed by atoms with Crippen molar-refractivity contribution in [1.29, 1.82) is 0 Å². The van der Waals surface area contributed by atoms with Crippen LogP contribution >= 0.6 is 0 Å². The summed E-state index contributed by atoms with van der Waals surface area (Å²) in [6, 6.07) is 6.21. The van der Waals surface area contributed by atoms with Crippen molar-refractivity contribution in [3.63, 3.8) is 0 Å². The normalized spacial score (nSPS) is 16.6. The van der Waals surface area contributed by atoms with E-state index in [2.05, 4.69) is 27.4 Å². The van der Waals surface area contributed by atoms with Gasteiger partial charge in [0.25, 0.3) is 0 Å². The summed E-state index contributed by atoms with van der Waals surface area (Å²) in [5.74, 6) is 0.932. The van der Waals surface area contributed by atoms with Gasteiger partial charge in [-0.2, -0.15) is 0 Å². The molecule has 1 aliphatic carbocycles. The molecule has 0 unspecified atom stereocenters. The van der Waals surface area contributed by atoms with E-state index in [0.29, 0.717) is 0 Å². The SMILES string of the molecule is c1cnc2cc(NCCC3CCCCC3)ccc2n1. The van der Waals surface area contributed by atoms with Gasteiger partial charge in [-0.05, 0) is 30.5 Å². The van der Waals surface area contributed by atoms with Crippen LogP contribution in [0.25, 0.3) is 11.0 Å². The maximum absolute atomic E-state index is 4.34. The fourth-order valence-corrected chi connectivity index (χ4v) is 2.97. The second-order valence-corrected chi connectivity index (χ2v) is 5.48. The van der Waals surface area contributed by atoms with Crippen molar-refractivity contribution in [2.24, 2.45) is 5.92 Å². The molecular weight excluding hydrogens is 234 g/mol. The van der Waals surface area contributed by atoms with Gasteiger partial charge in [-0.1, -0.05) is 32.1 Å². The summed E-state index contributed by atoms with van der Waals surface area (Å²) >= 11 is 0. The standard InChI is InChI=1S/C16H21N3/c1-2-4-13(5-3-1)8-9-17-14-6-7-15-16(12-14)19-11-10-18-15/h6-7,10-13,17H,1-5,8-9H2. The van der Waals surface area contributed by atoms with Gasteiger partial charge in [-0.15, -0.1) is 0 Å². The number of fused-ring (bicyclic) bond motifs is 1. The summed E-state index contributed by atoms with van der Waals surface area (Å²) in [6.07, 6.45) is 11.9. The lowest BCUT2D eigenvalue weighted by atomic mass is 9.87. The molecule has 1 heterocycles. The average molecular weight is 255 g/mol. The largest absolute Gasteiger partial charge is 0.385 e. The molecule has 0 spiro atoms. The van der Waals surface area contributed by atoms with Crippen molar-refractivity contribution in [3.05, 3.63) is 30.6 Å². The number of nitrogens with one attached hydrogen (secondary N) is 1. The minimum atomic E-state index is 0.932. The van der Waals surface area contributed by atoms with Gasteiger partial charge in [0.2, 0.25) is 0 Å². The number of benzene rings is 1. The van der Waals surface area contributed by atoms with Gasteiger partial charge < -0.3 is 5.32 Å². The summed E-state index contributed by atoms with van der Waals surface area (Å²) in [5.41, 5.74) is 3.08. The molecular formula is C16H21N3. The van der Waals surface area contributed by atoms with E-state index < -0.39 is 0 Å². The van der Waals surface area contributed by atoms with Gasteiger partial charge in [0, 0.05) is 24.6 Å². The minimum absolute atomic E-state index is 0.932. The molecule has 2 aromatic rings. The second-order valence-electron chi connectivity index (χ2n) is 5.48. The Labute approximate surface area is 114 Å². The van der Waals surface area contributed by atoms with E-state index in [0.717, 1.165) is 29.2 Å². The molecule has 3 rings (SSSR count). The third-order valence-corrected chi connectivity index (χ3v) is 4.08. The molecule has 3 nitrogen and oxygen atoms in total. The lowest BCUT2D eigenvalue weighted by molar-refractivity contribution is 0.345. The summed E-state index contributed by atoms with van der Waals surface area (Å²) < 4.78 is 0. The Kier molecular flexibility index (Phi) is 3.92. The maximum atomic E-state index is 4.34. The number of nitrogens with zero attached hydrogens (tertiary/aromatic N) is 2. The smallest absolute Gasteiger partial charge is 0.0907 e. The average Bonchev–Trinajstić information content (AvgIpc) is 2.48. The van der Waals surface area contributed by atoms with Gasteiger partial charge in [0.15, 0.2) is 0 Å². The Bertz CT molecular complexity index is 532. The molecule has 3 heteroatoms. The molecule has 0 aliphatic heterocycles. The first-order valence-corrected chi connectivity index (χ1v) is 7.36. The van der Waals surface area contributed by atoms with E-state index in [1.165, 1.54) is 38.5 Å². The molecule has 0 amide bonds. The highest BCUT2D eigenvalue weighted by molar-refractivity contribution is 5.78. The molecule has 1 N–H and O–H groups in total. The topological polar surface area (TPSA) is 37.8 Å². The van der Waals surface area contributed by atoms with E-state index in [4.69, 9.17) is 0 Å². The van der Waals surface area contributed by atoms with Gasteiger partial charge in [-0.3, -0.25) is 9.97 Å². The molecule has 1 fully saturated rings. The van der Waals surface area contributed by atoms with Crippen molar-refractivity contribution in [2.45, 2.75) is 38.5 Å². The number of anilines is 1. The zero-order valence-electron chi connectivity index (χ0n) is 11.3. The number of rotatable bonds is 4. The molecule has 0 bridgehead atoms. The fraction of sp³-hybridized carbons (Fsp3) is 0.500. The maximum Gasteiger partial charge on any atom is 0.0907 e. The Hall–Kier alpha value is -1.64. The zero-order valence-corrected chi connectivity index (χ0v) is 11.3. The predicted molar refractivity (Wildman–Crippen MR) is 79.2 cm³/mol. The first-order chi connectivity index (χ1) is 9.42. The van der Waals surface area contributed by atoms with Crippen LogP contribution in [0, 0.1) is 5.92 Å². The molecule has 100 valence electrons. The third-order valence-electron chi connectivity index (χ3n) is 4.08. The van der Waals surface area contributed by atoms with Crippen LogP contribution in [-0.2, 0) is 0 Å². The minimum Gasteiger partial charge on any atom is -0.385 e. The Morgan fingerprint density at radius 2 is 1.79 bits per heavy atom. The number of aromatic nitrogens is 2. The van der Waals surface area contributed by atoms with E-state index in [-0.39, 0.29) is 0 Å². The van der Waals surface area contributed by atoms with E-state index in [9.17, 15) is 0 Å². The van der Waals surface area contributed by atoms with Crippen LogP contribution in [-0.4, -0.2) is 16.5 Å². The highest BCUT2D eigenvalue weighted by Gasteiger charge is 2.12. The van der Waals surface area contributed by atoms with Crippen molar-refractivity contribution in [3.8, 4) is 0 Å². The molecule has 1 aliphatic rings. The molecule has 0 radical (unpaired) electrons. The number of hydrogen-bond acceptors (Lipinski definition) is 3. The Morgan fingerprint density at radius 1 is 1.00 bits per heavy atom. The molecule has 0 saturated heterocycles. The van der Waals surface area contributed by atoms with Crippen LogP contribution in [0.1, 0.15) is 38.5 Å². The predicted octanol–water partition coefficient (Wildman–Crippen LogP) is 4.01. The molecule has 1 aromatic carbocycles. The molecule has 19 heavy (non-hydrogen) atoms. The summed E-state index contributed by atoms with van der Waals surface area (Å²) in [5, 5.41) is 3.52.